The number of rotatable bonds is 5. The zero-order valence-corrected chi connectivity index (χ0v) is 14.3. The molecule has 0 bridgehead atoms. The first kappa shape index (κ1) is 16.1. The summed E-state index contributed by atoms with van der Waals surface area (Å²) in [6, 6.07) is 5.00. The van der Waals surface area contributed by atoms with Crippen LogP contribution in [0, 0.1) is 0 Å². The van der Waals surface area contributed by atoms with E-state index >= 15 is 0 Å². The summed E-state index contributed by atoms with van der Waals surface area (Å²) >= 11 is 0. The van der Waals surface area contributed by atoms with E-state index in [-0.39, 0.29) is 0 Å². The highest BCUT2D eigenvalue weighted by atomic mass is 16.3. The largest absolute Gasteiger partial charge is 0.461 e. The Bertz CT molecular complexity index is 594. The zero-order chi connectivity index (χ0) is 16.2. The Kier molecular flexibility index (Phi) is 5.08. The average Bonchev–Trinajstić information content (AvgIpc) is 3.09. The molecule has 23 heavy (non-hydrogen) atoms. The molecule has 5 nitrogen and oxygen atoms in total. The lowest BCUT2D eigenvalue weighted by Crippen LogP contribution is -2.54. The molecular formula is C18H26N4O. The van der Waals surface area contributed by atoms with E-state index in [0.29, 0.717) is 23.7 Å². The minimum Gasteiger partial charge on any atom is -0.461 e. The molecule has 1 atom stereocenters. The Balaban J connectivity index is 1.61. The Hall–Kier alpha value is -1.72. The van der Waals surface area contributed by atoms with Crippen LogP contribution in [0.5, 0.6) is 0 Å². The fraction of sp³-hybridized carbons (Fsp3) is 0.556. The number of furan rings is 1. The van der Waals surface area contributed by atoms with Crippen LogP contribution in [0.1, 0.15) is 32.8 Å². The molecule has 1 saturated heterocycles. The van der Waals surface area contributed by atoms with Crippen LogP contribution >= 0.6 is 0 Å². The van der Waals surface area contributed by atoms with Crippen molar-refractivity contribution in [1.29, 1.82) is 0 Å². The second-order valence-corrected chi connectivity index (χ2v) is 6.52. The predicted molar refractivity (Wildman–Crippen MR) is 90.9 cm³/mol. The Morgan fingerprint density at radius 1 is 1.26 bits per heavy atom. The number of nitrogens with zero attached hydrogens (tertiary/aromatic N) is 4. The van der Waals surface area contributed by atoms with E-state index in [4.69, 9.17) is 4.42 Å². The Labute approximate surface area is 138 Å². The maximum atomic E-state index is 5.33. The molecule has 2 aromatic heterocycles. The van der Waals surface area contributed by atoms with Gasteiger partial charge in [0.25, 0.3) is 0 Å². The highest BCUT2D eigenvalue weighted by Crippen LogP contribution is 2.18. The highest BCUT2D eigenvalue weighted by molar-refractivity contribution is 5.45. The van der Waals surface area contributed by atoms with E-state index < -0.39 is 0 Å². The van der Waals surface area contributed by atoms with Crippen LogP contribution in [0.4, 0.5) is 0 Å². The summed E-state index contributed by atoms with van der Waals surface area (Å²) in [6.45, 7) is 11.1. The molecule has 0 amide bonds. The van der Waals surface area contributed by atoms with Crippen molar-refractivity contribution in [3.63, 3.8) is 0 Å². The van der Waals surface area contributed by atoms with Gasteiger partial charge in [-0.3, -0.25) is 9.80 Å². The molecule has 1 fully saturated rings. The van der Waals surface area contributed by atoms with Gasteiger partial charge in [-0.2, -0.15) is 0 Å². The maximum Gasteiger partial charge on any atom is 0.195 e. The SMILES string of the molecule is CC[C@@H]1CN(Cc2cnc(-c3ccco3)nc2)CCN1C(C)C. The van der Waals surface area contributed by atoms with Gasteiger partial charge in [0.15, 0.2) is 11.6 Å². The van der Waals surface area contributed by atoms with E-state index in [2.05, 4.69) is 40.5 Å². The van der Waals surface area contributed by atoms with Crippen molar-refractivity contribution in [1.82, 2.24) is 19.8 Å². The summed E-state index contributed by atoms with van der Waals surface area (Å²) < 4.78 is 5.33. The molecule has 1 aliphatic heterocycles. The third-order valence-corrected chi connectivity index (χ3v) is 4.60. The smallest absolute Gasteiger partial charge is 0.195 e. The van der Waals surface area contributed by atoms with Crippen molar-refractivity contribution < 1.29 is 4.42 Å². The molecule has 124 valence electrons. The summed E-state index contributed by atoms with van der Waals surface area (Å²) in [5.74, 6) is 1.36. The van der Waals surface area contributed by atoms with Crippen LogP contribution < -0.4 is 0 Å². The van der Waals surface area contributed by atoms with Crippen molar-refractivity contribution in [3.05, 3.63) is 36.4 Å². The van der Waals surface area contributed by atoms with Gasteiger partial charge in [-0.25, -0.2) is 9.97 Å². The molecule has 0 saturated carbocycles. The van der Waals surface area contributed by atoms with Crippen molar-refractivity contribution >= 4 is 0 Å². The van der Waals surface area contributed by atoms with Gasteiger partial charge in [-0.05, 0) is 32.4 Å². The third-order valence-electron chi connectivity index (χ3n) is 4.60. The van der Waals surface area contributed by atoms with E-state index in [1.165, 1.54) is 6.42 Å². The third kappa shape index (κ3) is 3.79. The van der Waals surface area contributed by atoms with Crippen LogP contribution in [0.15, 0.2) is 35.2 Å². The Morgan fingerprint density at radius 2 is 2.04 bits per heavy atom. The lowest BCUT2D eigenvalue weighted by Gasteiger charge is -2.43. The predicted octanol–water partition coefficient (Wildman–Crippen LogP) is 3.04. The van der Waals surface area contributed by atoms with Gasteiger partial charge in [-0.15, -0.1) is 0 Å². The minimum atomic E-state index is 0.623. The van der Waals surface area contributed by atoms with Gasteiger partial charge in [-0.1, -0.05) is 6.92 Å². The summed E-state index contributed by atoms with van der Waals surface area (Å²) in [6.07, 6.45) is 6.68. The standard InChI is InChI=1S/C18H26N4O/c1-4-16-13-21(7-8-22(16)14(2)3)12-15-10-19-18(20-11-15)17-6-5-9-23-17/h5-6,9-11,14,16H,4,7-8,12-13H2,1-3H3/t16-/m1/s1. The van der Waals surface area contributed by atoms with Gasteiger partial charge in [0, 0.05) is 56.2 Å². The monoisotopic (exact) mass is 314 g/mol. The average molecular weight is 314 g/mol. The normalized spacial score (nSPS) is 20.3. The van der Waals surface area contributed by atoms with Crippen LogP contribution in [-0.2, 0) is 6.54 Å². The lowest BCUT2D eigenvalue weighted by atomic mass is 10.1. The summed E-state index contributed by atoms with van der Waals surface area (Å²) in [4.78, 5) is 14.0. The molecule has 5 heteroatoms. The molecule has 2 aromatic rings. The Morgan fingerprint density at radius 3 is 2.65 bits per heavy atom. The van der Waals surface area contributed by atoms with E-state index in [0.717, 1.165) is 31.7 Å². The molecule has 1 aliphatic rings. The minimum absolute atomic E-state index is 0.623. The molecule has 0 aliphatic carbocycles. The maximum absolute atomic E-state index is 5.33. The van der Waals surface area contributed by atoms with Gasteiger partial charge >= 0.3 is 0 Å². The number of hydrogen-bond donors (Lipinski definition) is 0. The molecule has 3 heterocycles. The van der Waals surface area contributed by atoms with Crippen molar-refractivity contribution in [2.45, 2.75) is 45.8 Å². The molecule has 0 radical (unpaired) electrons. The van der Waals surface area contributed by atoms with Crippen molar-refractivity contribution in [3.8, 4) is 11.6 Å². The first-order chi connectivity index (χ1) is 11.2. The van der Waals surface area contributed by atoms with Crippen molar-refractivity contribution in [2.24, 2.45) is 0 Å². The molecule has 0 spiro atoms. The molecule has 0 unspecified atom stereocenters. The topological polar surface area (TPSA) is 45.4 Å². The first-order valence-corrected chi connectivity index (χ1v) is 8.50. The van der Waals surface area contributed by atoms with E-state index in [9.17, 15) is 0 Å². The van der Waals surface area contributed by atoms with Gasteiger partial charge in [0.05, 0.1) is 6.26 Å². The van der Waals surface area contributed by atoms with Crippen molar-refractivity contribution in [2.75, 3.05) is 19.6 Å². The fourth-order valence-corrected chi connectivity index (χ4v) is 3.35. The second kappa shape index (κ2) is 7.23. The lowest BCUT2D eigenvalue weighted by molar-refractivity contribution is 0.0456. The summed E-state index contributed by atoms with van der Waals surface area (Å²) in [5, 5.41) is 0. The highest BCUT2D eigenvalue weighted by Gasteiger charge is 2.27. The second-order valence-electron chi connectivity index (χ2n) is 6.52. The summed E-state index contributed by atoms with van der Waals surface area (Å²) in [5.41, 5.74) is 1.16. The number of hydrogen-bond acceptors (Lipinski definition) is 5. The van der Waals surface area contributed by atoms with Crippen LogP contribution in [0.3, 0.4) is 0 Å². The van der Waals surface area contributed by atoms with E-state index in [1.54, 1.807) is 6.26 Å². The molecule has 0 aromatic carbocycles. The van der Waals surface area contributed by atoms with Gasteiger partial charge in [0.1, 0.15) is 0 Å². The van der Waals surface area contributed by atoms with E-state index in [1.807, 2.05) is 24.5 Å². The molecular weight excluding hydrogens is 288 g/mol. The number of piperazine rings is 1. The number of aromatic nitrogens is 2. The summed E-state index contributed by atoms with van der Waals surface area (Å²) in [7, 11) is 0. The first-order valence-electron chi connectivity index (χ1n) is 8.50. The van der Waals surface area contributed by atoms with Crippen LogP contribution in [-0.4, -0.2) is 51.5 Å². The van der Waals surface area contributed by atoms with Crippen LogP contribution in [0.25, 0.3) is 11.6 Å². The van der Waals surface area contributed by atoms with Gasteiger partial charge < -0.3 is 4.42 Å². The quantitative estimate of drug-likeness (QED) is 0.849. The van der Waals surface area contributed by atoms with Crippen LogP contribution in [0.2, 0.25) is 0 Å². The van der Waals surface area contributed by atoms with Gasteiger partial charge in [0.2, 0.25) is 0 Å². The molecule has 0 N–H and O–H groups in total. The molecule has 3 rings (SSSR count). The zero-order valence-electron chi connectivity index (χ0n) is 14.3. The fourth-order valence-electron chi connectivity index (χ4n) is 3.35.